The number of nitrogens with zero attached hydrogens (tertiary/aromatic N) is 1. The zero-order valence-corrected chi connectivity index (χ0v) is 15.9. The lowest BCUT2D eigenvalue weighted by molar-refractivity contribution is 0.774. The number of hydrogen-bond donors (Lipinski definition) is 1. The van der Waals surface area contributed by atoms with Crippen molar-refractivity contribution in [3.05, 3.63) is 68.6 Å². The number of nitrogens with two attached hydrogens (primary N) is 1. The third-order valence-electron chi connectivity index (χ3n) is 3.36. The van der Waals surface area contributed by atoms with E-state index in [1.807, 2.05) is 43.3 Å². The molecule has 2 aromatic carbocycles. The first kappa shape index (κ1) is 18.9. The van der Waals surface area contributed by atoms with E-state index in [2.05, 4.69) is 57.0 Å². The number of nitriles is 1. The van der Waals surface area contributed by atoms with E-state index in [1.165, 1.54) is 5.56 Å². The SMILES string of the molecule is CC(C#N)c1ccc(Br)cc1.CC(CN)c1ccc(Br)cc1. The molecule has 2 aromatic rings. The Hall–Kier alpha value is -1.15. The summed E-state index contributed by atoms with van der Waals surface area (Å²) in [5.41, 5.74) is 7.90. The van der Waals surface area contributed by atoms with Crippen molar-refractivity contribution in [1.82, 2.24) is 0 Å². The minimum Gasteiger partial charge on any atom is -0.330 e. The van der Waals surface area contributed by atoms with Crippen molar-refractivity contribution in [2.75, 3.05) is 6.54 Å². The van der Waals surface area contributed by atoms with Crippen LogP contribution in [0.2, 0.25) is 0 Å². The molecule has 0 saturated heterocycles. The number of halogens is 2. The van der Waals surface area contributed by atoms with E-state index in [4.69, 9.17) is 11.0 Å². The maximum absolute atomic E-state index is 8.60. The summed E-state index contributed by atoms with van der Waals surface area (Å²) in [7, 11) is 0. The Morgan fingerprint density at radius 3 is 1.68 bits per heavy atom. The van der Waals surface area contributed by atoms with Crippen molar-refractivity contribution < 1.29 is 0 Å². The van der Waals surface area contributed by atoms with Crippen molar-refractivity contribution >= 4 is 31.9 Å². The van der Waals surface area contributed by atoms with Gasteiger partial charge in [-0.2, -0.15) is 5.26 Å². The molecule has 2 unspecified atom stereocenters. The van der Waals surface area contributed by atoms with Crippen LogP contribution >= 0.6 is 31.9 Å². The Balaban J connectivity index is 0.000000220. The maximum Gasteiger partial charge on any atom is 0.0700 e. The molecule has 0 radical (unpaired) electrons. The molecule has 0 aliphatic carbocycles. The normalized spacial score (nSPS) is 12.5. The molecule has 0 aliphatic rings. The molecule has 2 N–H and O–H groups in total. The lowest BCUT2D eigenvalue weighted by Crippen LogP contribution is -2.08. The molecule has 2 atom stereocenters. The fraction of sp³-hybridized carbons (Fsp3) is 0.278. The van der Waals surface area contributed by atoms with E-state index in [0.717, 1.165) is 14.5 Å². The maximum atomic E-state index is 8.60. The van der Waals surface area contributed by atoms with Gasteiger partial charge in [0.1, 0.15) is 0 Å². The summed E-state index contributed by atoms with van der Waals surface area (Å²) in [6.07, 6.45) is 0. The van der Waals surface area contributed by atoms with Crippen molar-refractivity contribution in [1.29, 1.82) is 5.26 Å². The van der Waals surface area contributed by atoms with E-state index in [-0.39, 0.29) is 5.92 Å². The van der Waals surface area contributed by atoms with E-state index in [1.54, 1.807) is 0 Å². The first-order valence-corrected chi connectivity index (χ1v) is 8.67. The molecule has 0 aliphatic heterocycles. The second kappa shape index (κ2) is 9.78. The molecule has 4 heteroatoms. The Morgan fingerprint density at radius 2 is 1.32 bits per heavy atom. The summed E-state index contributed by atoms with van der Waals surface area (Å²) in [6, 6.07) is 18.3. The zero-order chi connectivity index (χ0) is 16.5. The molecule has 0 bridgehead atoms. The number of hydrogen-bond acceptors (Lipinski definition) is 2. The second-order valence-corrected chi connectivity index (χ2v) is 6.92. The van der Waals surface area contributed by atoms with E-state index in [9.17, 15) is 0 Å². The Labute approximate surface area is 149 Å². The average Bonchev–Trinajstić information content (AvgIpc) is 2.55. The molecule has 0 amide bonds. The summed E-state index contributed by atoms with van der Waals surface area (Å²) in [4.78, 5) is 0. The monoisotopic (exact) mass is 422 g/mol. The van der Waals surface area contributed by atoms with Crippen LogP contribution in [0.25, 0.3) is 0 Å². The largest absolute Gasteiger partial charge is 0.330 e. The molecular weight excluding hydrogens is 404 g/mol. The molecule has 0 spiro atoms. The van der Waals surface area contributed by atoms with Crippen molar-refractivity contribution in [3.8, 4) is 6.07 Å². The summed E-state index contributed by atoms with van der Waals surface area (Å²) >= 11 is 6.72. The molecule has 116 valence electrons. The van der Waals surface area contributed by atoms with Gasteiger partial charge in [0.2, 0.25) is 0 Å². The fourth-order valence-corrected chi connectivity index (χ4v) is 2.28. The highest BCUT2D eigenvalue weighted by Gasteiger charge is 2.01. The molecule has 0 heterocycles. The predicted molar refractivity (Wildman–Crippen MR) is 99.8 cm³/mol. The van der Waals surface area contributed by atoms with Gasteiger partial charge in [0.25, 0.3) is 0 Å². The van der Waals surface area contributed by atoms with Gasteiger partial charge in [0, 0.05) is 8.95 Å². The fourth-order valence-electron chi connectivity index (χ4n) is 1.75. The van der Waals surface area contributed by atoms with E-state index < -0.39 is 0 Å². The smallest absolute Gasteiger partial charge is 0.0700 e. The zero-order valence-electron chi connectivity index (χ0n) is 12.8. The predicted octanol–water partition coefficient (Wildman–Crippen LogP) is 5.59. The highest BCUT2D eigenvalue weighted by atomic mass is 79.9. The van der Waals surface area contributed by atoms with Crippen molar-refractivity contribution in [3.63, 3.8) is 0 Å². The minimum absolute atomic E-state index is 0.0110. The van der Waals surface area contributed by atoms with Gasteiger partial charge >= 0.3 is 0 Å². The van der Waals surface area contributed by atoms with Crippen LogP contribution in [0, 0.1) is 11.3 Å². The standard InChI is InChI=1S/C9H12BrN.C9H8BrN/c2*1-7(6-11)8-2-4-9(10)5-3-8/h2-5,7H,6,11H2,1H3;2-5,7H,1H3. The molecule has 2 nitrogen and oxygen atoms in total. The van der Waals surface area contributed by atoms with Gasteiger partial charge in [0.15, 0.2) is 0 Å². The van der Waals surface area contributed by atoms with Gasteiger partial charge in [0.05, 0.1) is 12.0 Å². The molecule has 0 aromatic heterocycles. The summed E-state index contributed by atoms with van der Waals surface area (Å²) in [5.74, 6) is 0.450. The lowest BCUT2D eigenvalue weighted by atomic mass is 10.0. The second-order valence-electron chi connectivity index (χ2n) is 5.09. The van der Waals surface area contributed by atoms with Gasteiger partial charge in [-0.25, -0.2) is 0 Å². The summed E-state index contributed by atoms with van der Waals surface area (Å²) in [5, 5.41) is 8.60. The van der Waals surface area contributed by atoms with Crippen LogP contribution in [-0.4, -0.2) is 6.54 Å². The average molecular weight is 424 g/mol. The van der Waals surface area contributed by atoms with Crippen molar-refractivity contribution in [2.24, 2.45) is 5.73 Å². The van der Waals surface area contributed by atoms with Gasteiger partial charge in [-0.1, -0.05) is 63.0 Å². The molecule has 0 fully saturated rings. The summed E-state index contributed by atoms with van der Waals surface area (Å²) < 4.78 is 2.16. The van der Waals surface area contributed by atoms with Crippen LogP contribution in [0.1, 0.15) is 36.8 Å². The molecular formula is C18H20Br2N2. The van der Waals surface area contributed by atoms with Gasteiger partial charge in [-0.05, 0) is 54.8 Å². The van der Waals surface area contributed by atoms with Crippen LogP contribution < -0.4 is 5.73 Å². The van der Waals surface area contributed by atoms with Crippen LogP contribution in [0.15, 0.2) is 57.5 Å². The Morgan fingerprint density at radius 1 is 0.909 bits per heavy atom. The molecule has 0 saturated carbocycles. The van der Waals surface area contributed by atoms with Crippen LogP contribution in [0.4, 0.5) is 0 Å². The Bertz CT molecular complexity index is 600. The van der Waals surface area contributed by atoms with Crippen LogP contribution in [-0.2, 0) is 0 Å². The molecule has 22 heavy (non-hydrogen) atoms. The van der Waals surface area contributed by atoms with Crippen molar-refractivity contribution in [2.45, 2.75) is 25.7 Å². The topological polar surface area (TPSA) is 49.8 Å². The van der Waals surface area contributed by atoms with E-state index in [0.29, 0.717) is 12.5 Å². The minimum atomic E-state index is -0.0110. The third kappa shape index (κ3) is 6.31. The number of rotatable bonds is 3. The molecule has 2 rings (SSSR count). The van der Waals surface area contributed by atoms with Crippen LogP contribution in [0.5, 0.6) is 0 Å². The highest BCUT2D eigenvalue weighted by Crippen LogP contribution is 2.17. The first-order chi connectivity index (χ1) is 10.5. The lowest BCUT2D eigenvalue weighted by Gasteiger charge is -2.07. The van der Waals surface area contributed by atoms with E-state index >= 15 is 0 Å². The Kier molecular flexibility index (Phi) is 8.40. The van der Waals surface area contributed by atoms with Gasteiger partial charge < -0.3 is 5.73 Å². The van der Waals surface area contributed by atoms with Gasteiger partial charge in [-0.15, -0.1) is 0 Å². The van der Waals surface area contributed by atoms with Crippen LogP contribution in [0.3, 0.4) is 0 Å². The summed E-state index contributed by atoms with van der Waals surface area (Å²) in [6.45, 7) is 4.73. The quantitative estimate of drug-likeness (QED) is 0.699. The first-order valence-electron chi connectivity index (χ1n) is 7.08. The number of benzene rings is 2. The third-order valence-corrected chi connectivity index (χ3v) is 4.41. The van der Waals surface area contributed by atoms with Gasteiger partial charge in [-0.3, -0.25) is 0 Å². The highest BCUT2D eigenvalue weighted by molar-refractivity contribution is 9.10.